The largest absolute Gasteiger partial charge is 0.472 e. The van der Waals surface area contributed by atoms with Crippen LogP contribution in [-0.4, -0.2) is 74.3 Å². The van der Waals surface area contributed by atoms with Gasteiger partial charge in [0.05, 0.1) is 33.8 Å². The third-order valence-electron chi connectivity index (χ3n) is 11.4. The average Bonchev–Trinajstić information content (AvgIpc) is 3.27. The van der Waals surface area contributed by atoms with Crippen LogP contribution in [-0.2, 0) is 27.9 Å². The molecule has 66 heavy (non-hydrogen) atoms. The number of phosphoric acid groups is 1. The Bertz CT molecular complexity index is 1370. The highest BCUT2D eigenvalue weighted by Crippen LogP contribution is 2.43. The number of esters is 1. The van der Waals surface area contributed by atoms with Gasteiger partial charge in [-0.1, -0.05) is 216 Å². The number of ether oxygens (including phenoxy) is 1. The van der Waals surface area contributed by atoms with E-state index >= 15 is 0 Å². The summed E-state index contributed by atoms with van der Waals surface area (Å²) in [5.41, 5.74) is 0. The lowest BCUT2D eigenvalue weighted by molar-refractivity contribution is -0.870. The first-order valence-electron chi connectivity index (χ1n) is 26.8. The van der Waals surface area contributed by atoms with Crippen molar-refractivity contribution < 1.29 is 37.3 Å². The fourth-order valence-corrected chi connectivity index (χ4v) is 8.01. The minimum atomic E-state index is -4.46. The number of hydrogen-bond acceptors (Lipinski definition) is 6. The Hall–Kier alpha value is -2.55. The number of hydrogen-bond donors (Lipinski definition) is 2. The molecule has 9 nitrogen and oxygen atoms in total. The summed E-state index contributed by atoms with van der Waals surface area (Å²) in [5, 5.41) is 2.99. The lowest BCUT2D eigenvalue weighted by atomic mass is 10.0. The summed E-state index contributed by atoms with van der Waals surface area (Å²) in [7, 11) is 1.45. The van der Waals surface area contributed by atoms with Gasteiger partial charge < -0.3 is 19.4 Å². The van der Waals surface area contributed by atoms with Crippen LogP contribution in [0.3, 0.4) is 0 Å². The van der Waals surface area contributed by atoms with Gasteiger partial charge in [-0.3, -0.25) is 18.6 Å². The average molecular weight is 946 g/mol. The first-order chi connectivity index (χ1) is 31.9. The minimum Gasteiger partial charge on any atom is -0.456 e. The molecule has 0 bridgehead atoms. The summed E-state index contributed by atoms with van der Waals surface area (Å²) in [6.07, 6.45) is 57.7. The molecule has 0 heterocycles. The molecule has 3 atom stereocenters. The number of unbranched alkanes of at least 4 members (excludes halogenated alkanes) is 21. The monoisotopic (exact) mass is 946 g/mol. The van der Waals surface area contributed by atoms with E-state index in [1.54, 1.807) is 0 Å². The van der Waals surface area contributed by atoms with E-state index in [-0.39, 0.29) is 37.9 Å². The van der Waals surface area contributed by atoms with Gasteiger partial charge >= 0.3 is 13.8 Å². The number of quaternary nitrogens is 1. The van der Waals surface area contributed by atoms with Gasteiger partial charge in [0.2, 0.25) is 5.91 Å². The van der Waals surface area contributed by atoms with E-state index in [1.165, 1.54) is 109 Å². The Morgan fingerprint density at radius 1 is 0.545 bits per heavy atom. The van der Waals surface area contributed by atoms with Gasteiger partial charge in [-0.2, -0.15) is 0 Å². The zero-order valence-corrected chi connectivity index (χ0v) is 44.3. The van der Waals surface area contributed by atoms with E-state index < -0.39 is 20.0 Å². The Morgan fingerprint density at radius 2 is 0.985 bits per heavy atom. The molecular weight excluding hydrogens is 844 g/mol. The van der Waals surface area contributed by atoms with E-state index in [1.807, 2.05) is 45.4 Å². The van der Waals surface area contributed by atoms with Crippen molar-refractivity contribution in [1.29, 1.82) is 0 Å². The molecule has 0 saturated heterocycles. The summed E-state index contributed by atoms with van der Waals surface area (Å²) >= 11 is 0. The van der Waals surface area contributed by atoms with Crippen molar-refractivity contribution >= 4 is 19.7 Å². The number of amides is 1. The van der Waals surface area contributed by atoms with Crippen LogP contribution >= 0.6 is 7.82 Å². The normalized spacial score (nSPS) is 14.5. The standard InChI is InChI=1S/C56H101N2O7P/c1-7-10-13-16-19-22-25-27-28-29-31-34-36-39-42-45-48-55(59)57-53(52-64-66(61,62)63-51-50-58(4,5)6)54(47-44-41-38-35-33-30-26-23-20-17-14-11-8-2)65-56(60)49-46-43-40-37-32-24-21-18-15-12-9-3/h10,13,19,22,27-28,31,34,39,42,44,47,53-54H,7-9,11-12,14-18,20-21,23-26,29-30,32-33,35-38,40-41,43,45-46,48-52H2,1-6H3,(H-,57,59,61,62)/p+1/b13-10+,22-19+,28-27+,34-31+,42-39+,47-44+. The number of allylic oxidation sites excluding steroid dienone is 11. The molecule has 382 valence electrons. The predicted molar refractivity (Wildman–Crippen MR) is 281 cm³/mol. The summed E-state index contributed by atoms with van der Waals surface area (Å²) in [4.78, 5) is 37.4. The molecule has 2 N–H and O–H groups in total. The molecule has 0 aliphatic carbocycles. The van der Waals surface area contributed by atoms with Crippen LogP contribution in [0, 0.1) is 0 Å². The van der Waals surface area contributed by atoms with Crippen LogP contribution < -0.4 is 5.32 Å². The first-order valence-corrected chi connectivity index (χ1v) is 28.3. The summed E-state index contributed by atoms with van der Waals surface area (Å²) < 4.78 is 30.5. The third-order valence-corrected chi connectivity index (χ3v) is 12.4. The smallest absolute Gasteiger partial charge is 0.456 e. The fraction of sp³-hybridized carbons (Fsp3) is 0.750. The quantitative estimate of drug-likeness (QED) is 0.0205. The van der Waals surface area contributed by atoms with Crippen molar-refractivity contribution in [2.75, 3.05) is 40.9 Å². The molecule has 0 radical (unpaired) electrons. The third kappa shape index (κ3) is 46.6. The molecule has 3 unspecified atom stereocenters. The number of nitrogens with one attached hydrogen (secondary N) is 1. The number of carbonyl (C=O) groups excluding carboxylic acids is 2. The van der Waals surface area contributed by atoms with Gasteiger partial charge in [0.15, 0.2) is 0 Å². The number of carbonyl (C=O) groups is 2. The maximum absolute atomic E-state index is 13.4. The molecule has 0 saturated carbocycles. The second-order valence-electron chi connectivity index (χ2n) is 19.0. The van der Waals surface area contributed by atoms with Crippen LogP contribution in [0.1, 0.15) is 220 Å². The van der Waals surface area contributed by atoms with Crippen molar-refractivity contribution in [1.82, 2.24) is 5.32 Å². The first kappa shape index (κ1) is 63.5. The highest BCUT2D eigenvalue weighted by molar-refractivity contribution is 7.47. The van der Waals surface area contributed by atoms with Crippen molar-refractivity contribution in [2.24, 2.45) is 0 Å². The van der Waals surface area contributed by atoms with Crippen LogP contribution in [0.2, 0.25) is 0 Å². The maximum atomic E-state index is 13.4. The van der Waals surface area contributed by atoms with Gasteiger partial charge in [0, 0.05) is 12.8 Å². The molecule has 0 aromatic carbocycles. The minimum absolute atomic E-state index is 0.0256. The summed E-state index contributed by atoms with van der Waals surface area (Å²) in [6.45, 7) is 6.82. The summed E-state index contributed by atoms with van der Waals surface area (Å²) in [6, 6.07) is -0.886. The Kier molecular flexibility index (Phi) is 44.4. The maximum Gasteiger partial charge on any atom is 0.472 e. The van der Waals surface area contributed by atoms with Gasteiger partial charge in [-0.15, -0.1) is 0 Å². The van der Waals surface area contributed by atoms with Crippen molar-refractivity contribution in [3.63, 3.8) is 0 Å². The summed E-state index contributed by atoms with van der Waals surface area (Å²) in [5.74, 6) is -0.604. The van der Waals surface area contributed by atoms with Gasteiger partial charge in [-0.05, 0) is 63.9 Å². The molecule has 0 aromatic heterocycles. The van der Waals surface area contributed by atoms with Crippen LogP contribution in [0.4, 0.5) is 0 Å². The zero-order chi connectivity index (χ0) is 48.7. The predicted octanol–water partition coefficient (Wildman–Crippen LogP) is 15.7. The number of nitrogens with zero attached hydrogens (tertiary/aromatic N) is 1. The molecule has 0 fully saturated rings. The number of likely N-dealkylation sites (N-methyl/N-ethyl adjacent to an activating group) is 1. The number of rotatable bonds is 47. The van der Waals surface area contributed by atoms with Gasteiger partial charge in [0.25, 0.3) is 0 Å². The molecule has 0 spiro atoms. The van der Waals surface area contributed by atoms with Gasteiger partial charge in [-0.25, -0.2) is 4.57 Å². The van der Waals surface area contributed by atoms with Crippen LogP contribution in [0.5, 0.6) is 0 Å². The van der Waals surface area contributed by atoms with Crippen molar-refractivity contribution in [3.05, 3.63) is 72.9 Å². The molecule has 0 rings (SSSR count). The Balaban J connectivity index is 5.54. The molecule has 0 aromatic rings. The van der Waals surface area contributed by atoms with E-state index in [2.05, 4.69) is 74.7 Å². The lowest BCUT2D eigenvalue weighted by Crippen LogP contribution is -2.47. The van der Waals surface area contributed by atoms with E-state index in [4.69, 9.17) is 13.8 Å². The molecule has 10 heteroatoms. The highest BCUT2D eigenvalue weighted by Gasteiger charge is 2.30. The topological polar surface area (TPSA) is 111 Å². The van der Waals surface area contributed by atoms with Crippen molar-refractivity contribution in [3.8, 4) is 0 Å². The molecular formula is C56H102N2O7P+. The molecule has 0 aliphatic rings. The lowest BCUT2D eigenvalue weighted by Gasteiger charge is -2.27. The molecule has 0 aliphatic heterocycles. The Labute approximate surface area is 406 Å². The second-order valence-corrected chi connectivity index (χ2v) is 20.5. The molecule has 1 amide bonds. The van der Waals surface area contributed by atoms with Crippen molar-refractivity contribution in [2.45, 2.75) is 232 Å². The Morgan fingerprint density at radius 3 is 1.45 bits per heavy atom. The highest BCUT2D eigenvalue weighted by atomic mass is 31.2. The SMILES string of the molecule is CC/C=C/C/C=C/C/C=C/C/C=C/C/C=C/CCC(=O)NC(COP(=O)(O)OCC[N+](C)(C)C)C(/C=C/CCCCCCCCCCCCC)OC(=O)CCCCCCCCCCCCC. The van der Waals surface area contributed by atoms with E-state index in [0.29, 0.717) is 17.4 Å². The number of phosphoric ester groups is 1. The van der Waals surface area contributed by atoms with Crippen LogP contribution in [0.15, 0.2) is 72.9 Å². The van der Waals surface area contributed by atoms with Crippen LogP contribution in [0.25, 0.3) is 0 Å². The second kappa shape index (κ2) is 46.2. The van der Waals surface area contributed by atoms with E-state index in [0.717, 1.165) is 70.6 Å². The van der Waals surface area contributed by atoms with Gasteiger partial charge in [0.1, 0.15) is 19.3 Å². The zero-order valence-electron chi connectivity index (χ0n) is 43.4. The van der Waals surface area contributed by atoms with E-state index in [9.17, 15) is 19.0 Å². The fourth-order valence-electron chi connectivity index (χ4n) is 7.28.